The summed E-state index contributed by atoms with van der Waals surface area (Å²) in [5, 5.41) is 11.1. The van der Waals surface area contributed by atoms with Gasteiger partial charge < -0.3 is 33.5 Å². The van der Waals surface area contributed by atoms with Crippen molar-refractivity contribution in [3.8, 4) is 34.6 Å². The Kier molecular flexibility index (Phi) is 12.9. The summed E-state index contributed by atoms with van der Waals surface area (Å²) in [4.78, 5) is 55.2. The Hall–Kier alpha value is -7.40. The molecular weight excluding hydrogens is 881 g/mol. The normalized spacial score (nSPS) is 21.8. The number of pyridine rings is 2. The van der Waals surface area contributed by atoms with Gasteiger partial charge in [-0.25, -0.2) is 24.7 Å². The molecule has 0 radical (unpaired) electrons. The van der Waals surface area contributed by atoms with Gasteiger partial charge in [-0.05, 0) is 112 Å². The zero-order valence-electron chi connectivity index (χ0n) is 38.9. The third kappa shape index (κ3) is 9.18. The maximum Gasteiger partial charge on any atom is 0.335 e. The van der Waals surface area contributed by atoms with Gasteiger partial charge in [0.2, 0.25) is 0 Å². The lowest BCUT2D eigenvalue weighted by Gasteiger charge is -2.39. The summed E-state index contributed by atoms with van der Waals surface area (Å²) in [6, 6.07) is 15.6. The van der Waals surface area contributed by atoms with E-state index >= 15 is 0 Å². The number of fused-ring (bicyclic) bond motifs is 6. The zero-order chi connectivity index (χ0) is 47.6. The van der Waals surface area contributed by atoms with E-state index in [2.05, 4.69) is 9.97 Å². The van der Waals surface area contributed by atoms with Gasteiger partial charge in [0.05, 0.1) is 57.4 Å². The van der Waals surface area contributed by atoms with Gasteiger partial charge in [0, 0.05) is 71.3 Å². The first kappa shape index (κ1) is 45.4. The molecule has 1 unspecified atom stereocenters. The molecule has 0 bridgehead atoms. The van der Waals surface area contributed by atoms with Crippen LogP contribution in [0.25, 0.3) is 11.6 Å². The number of aromatic nitrogens is 6. The first-order chi connectivity index (χ1) is 33.7. The van der Waals surface area contributed by atoms with E-state index in [1.54, 1.807) is 39.3 Å². The van der Waals surface area contributed by atoms with Crippen LogP contribution in [0.15, 0.2) is 108 Å². The number of carbonyl (C=O) groups is 2. The minimum Gasteiger partial charge on any atom is -0.493 e. The smallest absolute Gasteiger partial charge is 0.335 e. The van der Waals surface area contributed by atoms with E-state index in [0.717, 1.165) is 56.4 Å². The Labute approximate surface area is 399 Å². The topological polar surface area (TPSA) is 196 Å². The SMILES string of the molecule is CCOc1cc2c(cc1OC)C(c1ccc(-n3ccnc3)nc1)=N[C@H]1CC[C@H](OC(=O)CC(O)C(=O)O[C@H]3CC[C@@H]4N=C(c5ccc(-n6ccnc6)nc5)c5cc(OC)c(OCC)cc5[C@@H]4C3)C[C@@H]21. The summed E-state index contributed by atoms with van der Waals surface area (Å²) in [6.07, 6.45) is 14.2. The number of methoxy groups -OCH3 is 2. The molecule has 17 nitrogen and oxygen atoms in total. The lowest BCUT2D eigenvalue weighted by molar-refractivity contribution is -0.167. The first-order valence-electron chi connectivity index (χ1n) is 23.5. The Morgan fingerprint density at radius 2 is 1.16 bits per heavy atom. The molecule has 4 aromatic heterocycles. The van der Waals surface area contributed by atoms with Crippen molar-refractivity contribution in [3.05, 3.63) is 132 Å². The Balaban J connectivity index is 0.805. The lowest BCUT2D eigenvalue weighted by atomic mass is 9.74. The summed E-state index contributed by atoms with van der Waals surface area (Å²) in [5.41, 5.74) is 7.09. The maximum atomic E-state index is 13.5. The molecule has 69 heavy (non-hydrogen) atoms. The van der Waals surface area contributed by atoms with E-state index in [4.69, 9.17) is 48.4 Å². The second-order valence-corrected chi connectivity index (χ2v) is 17.6. The lowest BCUT2D eigenvalue weighted by Crippen LogP contribution is -2.39. The molecule has 2 aliphatic heterocycles. The van der Waals surface area contributed by atoms with Crippen LogP contribution in [-0.2, 0) is 19.1 Å². The molecule has 0 amide bonds. The zero-order valence-corrected chi connectivity index (χ0v) is 38.9. The second kappa shape index (κ2) is 19.7. The number of hydrogen-bond donors (Lipinski definition) is 1. The fourth-order valence-corrected chi connectivity index (χ4v) is 10.3. The van der Waals surface area contributed by atoms with Crippen LogP contribution in [0.2, 0.25) is 0 Å². The Morgan fingerprint density at radius 3 is 1.58 bits per heavy atom. The van der Waals surface area contributed by atoms with Crippen molar-refractivity contribution in [2.75, 3.05) is 27.4 Å². The maximum absolute atomic E-state index is 13.5. The van der Waals surface area contributed by atoms with Crippen molar-refractivity contribution < 1.29 is 43.1 Å². The van der Waals surface area contributed by atoms with Crippen LogP contribution in [0.3, 0.4) is 0 Å². The van der Waals surface area contributed by atoms with E-state index in [9.17, 15) is 14.7 Å². The van der Waals surface area contributed by atoms with Crippen molar-refractivity contribution in [2.45, 2.75) is 101 Å². The Bertz CT molecular complexity index is 2870. The van der Waals surface area contributed by atoms with Gasteiger partial charge in [-0.3, -0.25) is 23.9 Å². The van der Waals surface area contributed by atoms with E-state index in [1.165, 1.54) is 0 Å². The quantitative estimate of drug-likeness (QED) is 0.104. The molecular formula is C52H54N8O9. The highest BCUT2D eigenvalue weighted by molar-refractivity contribution is 6.15. The summed E-state index contributed by atoms with van der Waals surface area (Å²) < 4.78 is 39.2. The molecule has 356 valence electrons. The van der Waals surface area contributed by atoms with Gasteiger partial charge in [-0.15, -0.1) is 0 Å². The highest BCUT2D eigenvalue weighted by Crippen LogP contribution is 2.47. The highest BCUT2D eigenvalue weighted by atomic mass is 16.6. The number of aliphatic hydroxyl groups excluding tert-OH is 1. The number of nitrogens with zero attached hydrogens (tertiary/aromatic N) is 8. The third-order valence-corrected chi connectivity index (χ3v) is 13.5. The molecule has 6 aromatic rings. The van der Waals surface area contributed by atoms with Crippen molar-refractivity contribution >= 4 is 23.4 Å². The minimum atomic E-state index is -1.70. The van der Waals surface area contributed by atoms with Crippen molar-refractivity contribution in [2.24, 2.45) is 9.98 Å². The fraction of sp³-hybridized carbons (Fsp3) is 0.385. The van der Waals surface area contributed by atoms with Crippen molar-refractivity contribution in [3.63, 3.8) is 0 Å². The number of esters is 2. The molecule has 2 aliphatic carbocycles. The fourth-order valence-electron chi connectivity index (χ4n) is 10.3. The molecule has 0 saturated heterocycles. The summed E-state index contributed by atoms with van der Waals surface area (Å²) in [6.45, 7) is 4.74. The van der Waals surface area contributed by atoms with E-state index in [0.29, 0.717) is 74.7 Å². The molecule has 17 heteroatoms. The van der Waals surface area contributed by atoms with Crippen LogP contribution >= 0.6 is 0 Å². The van der Waals surface area contributed by atoms with Crippen LogP contribution in [0.5, 0.6) is 23.0 Å². The number of ether oxygens (including phenoxy) is 6. The first-order valence-corrected chi connectivity index (χ1v) is 23.5. The number of imidazole rings is 2. The van der Waals surface area contributed by atoms with Crippen LogP contribution in [-0.4, -0.2) is 115 Å². The van der Waals surface area contributed by atoms with Crippen LogP contribution in [0, 0.1) is 0 Å². The molecule has 7 atom stereocenters. The van der Waals surface area contributed by atoms with Crippen LogP contribution in [0.1, 0.15) is 104 Å². The van der Waals surface area contributed by atoms with Gasteiger partial charge in [-0.1, -0.05) is 0 Å². The van der Waals surface area contributed by atoms with Crippen LogP contribution < -0.4 is 18.9 Å². The summed E-state index contributed by atoms with van der Waals surface area (Å²) in [5.74, 6) is 2.13. The van der Waals surface area contributed by atoms with Gasteiger partial charge in [-0.2, -0.15) is 0 Å². The van der Waals surface area contributed by atoms with Crippen molar-refractivity contribution in [1.29, 1.82) is 0 Å². The van der Waals surface area contributed by atoms with Gasteiger partial charge >= 0.3 is 11.9 Å². The number of carbonyl (C=O) groups excluding carboxylic acids is 2. The Morgan fingerprint density at radius 1 is 0.667 bits per heavy atom. The number of rotatable bonds is 15. The molecule has 1 N–H and O–H groups in total. The molecule has 0 spiro atoms. The minimum absolute atomic E-state index is 0.0904. The van der Waals surface area contributed by atoms with Crippen molar-refractivity contribution in [1.82, 2.24) is 29.1 Å². The second-order valence-electron chi connectivity index (χ2n) is 17.6. The van der Waals surface area contributed by atoms with Gasteiger partial charge in [0.25, 0.3) is 0 Å². The van der Waals surface area contributed by atoms with Gasteiger partial charge in [0.15, 0.2) is 29.1 Å². The van der Waals surface area contributed by atoms with E-state index in [-0.39, 0.29) is 23.9 Å². The number of aliphatic hydroxyl groups is 1. The molecule has 10 rings (SSSR count). The molecule has 2 aromatic carbocycles. The third-order valence-electron chi connectivity index (χ3n) is 13.5. The molecule has 2 saturated carbocycles. The van der Waals surface area contributed by atoms with E-state index in [1.807, 2.05) is 96.3 Å². The average molecular weight is 935 g/mol. The summed E-state index contributed by atoms with van der Waals surface area (Å²) >= 11 is 0. The molecule has 2 fully saturated rings. The highest BCUT2D eigenvalue weighted by Gasteiger charge is 2.42. The molecule has 4 aliphatic rings. The van der Waals surface area contributed by atoms with E-state index < -0.39 is 36.7 Å². The van der Waals surface area contributed by atoms with Gasteiger partial charge in [0.1, 0.15) is 36.5 Å². The monoisotopic (exact) mass is 934 g/mol. The number of aliphatic imine (C=N–C) groups is 2. The standard InChI is InChI=1S/C52H54N8O9/c1-5-66-45-21-34-36-19-32(9-11-40(36)57-50(38(34)23-43(45)64-3)30-7-13-47(55-26-30)59-17-15-53-28-59)68-49(62)25-42(61)52(63)69-33-10-12-41-37(20-33)35-22-46(67-6-2)44(65-4)24-39(35)51(58-41)31-8-14-48(56-27-31)60-18-16-54-29-60/h7-8,13-18,21-24,26-29,32-33,36-37,40-42,61H,5-6,9-12,19-20,25H2,1-4H3/t32-,33-,36-,37-,40-,41-,42?/m0/s1. The largest absolute Gasteiger partial charge is 0.493 e. The average Bonchev–Trinajstić information content (AvgIpc) is 4.13. The summed E-state index contributed by atoms with van der Waals surface area (Å²) in [7, 11) is 3.22. The number of benzene rings is 2. The predicted octanol–water partition coefficient (Wildman–Crippen LogP) is 6.91. The predicted molar refractivity (Wildman–Crippen MR) is 253 cm³/mol. The number of hydrogen-bond acceptors (Lipinski definition) is 15. The molecule has 6 heterocycles. The van der Waals surface area contributed by atoms with Crippen LogP contribution in [0.4, 0.5) is 0 Å².